The highest BCUT2D eigenvalue weighted by Gasteiger charge is 2.41. The van der Waals surface area contributed by atoms with Crippen molar-refractivity contribution in [1.29, 1.82) is 0 Å². The number of carbonyl (C=O) groups excluding carboxylic acids is 2. The molecule has 0 aromatic heterocycles. The Hall–Kier alpha value is -1.44. The lowest BCUT2D eigenvalue weighted by atomic mass is 9.88. The zero-order chi connectivity index (χ0) is 34.0. The van der Waals surface area contributed by atoms with Crippen LogP contribution in [-0.2, 0) is 47.2 Å². The first-order valence-electron chi connectivity index (χ1n) is 15.4. The van der Waals surface area contributed by atoms with Crippen LogP contribution in [0, 0.1) is 11.8 Å². The maximum atomic E-state index is 13.3. The highest BCUT2D eigenvalue weighted by Crippen LogP contribution is 2.39. The Kier molecular flexibility index (Phi) is 20.7. The first-order valence-corrected chi connectivity index (χ1v) is 18.4. The highest BCUT2D eigenvalue weighted by atomic mass is 28.4. The molecule has 0 aliphatic rings. The Bertz CT molecular complexity index is 843. The molecular weight excluding hydrogens is 584 g/mol. The van der Waals surface area contributed by atoms with Crippen LogP contribution in [0.3, 0.4) is 0 Å². The average Bonchev–Trinajstić information content (AvgIpc) is 2.94. The molecule has 0 aromatic carbocycles. The second-order valence-corrected chi connectivity index (χ2v) is 18.0. The highest BCUT2D eigenvalue weighted by molar-refractivity contribution is 6.74. The number of methoxy groups -OCH3 is 3. The van der Waals surface area contributed by atoms with Crippen LogP contribution in [0.25, 0.3) is 0 Å². The summed E-state index contributed by atoms with van der Waals surface area (Å²) in [6.07, 6.45) is 3.46. The summed E-state index contributed by atoms with van der Waals surface area (Å²) in [7, 11) is 2.50. The molecule has 11 heteroatoms. The number of Topliss-reactive ketones (excluding diaryl/α,β-unsaturated/α-hetero) is 1. The molecule has 0 unspecified atom stereocenters. The van der Waals surface area contributed by atoms with Crippen LogP contribution < -0.4 is 0 Å². The fraction of sp³-hybridized carbons (Fsp3) is 0.818. The molecule has 0 saturated heterocycles. The summed E-state index contributed by atoms with van der Waals surface area (Å²) >= 11 is 0. The lowest BCUT2D eigenvalue weighted by Crippen LogP contribution is -2.47. The standard InChI is InChI=1S/C33H62O10Si/c1-14-25(3)30(41-24-38-11)21-33(8,17-16-18-39-22-36-9)42-31(35)20-27(34)19-29(40-23-37-10)26(4)28(15-2)43-44(12,13)32(5,6)7/h14-15,25-26,28-30H,1-2,16-24H2,3-13H3/t25-,26+,28+,29+,30-,33-/m1/s1. The van der Waals surface area contributed by atoms with E-state index >= 15 is 0 Å². The Morgan fingerprint density at radius 3 is 1.93 bits per heavy atom. The Labute approximate surface area is 268 Å². The van der Waals surface area contributed by atoms with Gasteiger partial charge >= 0.3 is 5.97 Å². The third-order valence-corrected chi connectivity index (χ3v) is 12.8. The van der Waals surface area contributed by atoms with Crippen molar-refractivity contribution in [2.24, 2.45) is 11.8 Å². The van der Waals surface area contributed by atoms with E-state index in [1.165, 1.54) is 7.11 Å². The third kappa shape index (κ3) is 16.2. The molecule has 0 heterocycles. The maximum Gasteiger partial charge on any atom is 0.313 e. The quantitative estimate of drug-likeness (QED) is 0.0260. The van der Waals surface area contributed by atoms with Crippen LogP contribution in [0.15, 0.2) is 25.3 Å². The molecule has 0 radical (unpaired) electrons. The van der Waals surface area contributed by atoms with Crippen molar-refractivity contribution in [3.63, 3.8) is 0 Å². The van der Waals surface area contributed by atoms with Gasteiger partial charge in [0.1, 0.15) is 38.2 Å². The summed E-state index contributed by atoms with van der Waals surface area (Å²) in [4.78, 5) is 26.5. The molecule has 6 atom stereocenters. The number of hydrogen-bond acceptors (Lipinski definition) is 10. The first-order chi connectivity index (χ1) is 20.5. The van der Waals surface area contributed by atoms with E-state index in [-0.39, 0.29) is 61.7 Å². The maximum absolute atomic E-state index is 13.3. The van der Waals surface area contributed by atoms with E-state index in [0.717, 1.165) is 0 Å². The fourth-order valence-electron chi connectivity index (χ4n) is 4.43. The fourth-order valence-corrected chi connectivity index (χ4v) is 5.78. The van der Waals surface area contributed by atoms with Gasteiger partial charge in [-0.1, -0.05) is 46.8 Å². The second-order valence-electron chi connectivity index (χ2n) is 13.2. The van der Waals surface area contributed by atoms with Crippen LogP contribution in [0.5, 0.6) is 0 Å². The number of esters is 1. The molecule has 0 rings (SSSR count). The van der Waals surface area contributed by atoms with Crippen molar-refractivity contribution in [1.82, 2.24) is 0 Å². The summed E-state index contributed by atoms with van der Waals surface area (Å²) in [5.74, 6) is -1.15. The first kappa shape index (κ1) is 42.6. The monoisotopic (exact) mass is 646 g/mol. The zero-order valence-electron chi connectivity index (χ0n) is 29.4. The molecule has 0 aliphatic carbocycles. The average molecular weight is 647 g/mol. The van der Waals surface area contributed by atoms with Gasteiger partial charge in [0.05, 0.1) is 18.3 Å². The van der Waals surface area contributed by atoms with Crippen molar-refractivity contribution in [2.45, 2.75) is 116 Å². The molecule has 10 nitrogen and oxygen atoms in total. The van der Waals surface area contributed by atoms with Gasteiger partial charge in [-0.2, -0.15) is 0 Å². The predicted octanol–water partition coefficient (Wildman–Crippen LogP) is 6.44. The van der Waals surface area contributed by atoms with Gasteiger partial charge in [-0.25, -0.2) is 0 Å². The van der Waals surface area contributed by atoms with Gasteiger partial charge in [-0.05, 0) is 37.9 Å². The topological polar surface area (TPSA) is 108 Å². The van der Waals surface area contributed by atoms with Crippen molar-refractivity contribution in [3.8, 4) is 0 Å². The summed E-state index contributed by atoms with van der Waals surface area (Å²) in [5, 5.41) is -0.00390. The minimum Gasteiger partial charge on any atom is -0.459 e. The zero-order valence-corrected chi connectivity index (χ0v) is 30.4. The molecule has 0 bridgehead atoms. The summed E-state index contributed by atoms with van der Waals surface area (Å²) in [6, 6.07) is 0. The molecule has 0 aliphatic heterocycles. The largest absolute Gasteiger partial charge is 0.459 e. The van der Waals surface area contributed by atoms with Crippen LogP contribution in [0.1, 0.15) is 73.6 Å². The molecule has 0 aromatic rings. The van der Waals surface area contributed by atoms with Gasteiger partial charge in [0, 0.05) is 52.6 Å². The van der Waals surface area contributed by atoms with Crippen LogP contribution in [-0.4, -0.2) is 92.3 Å². The summed E-state index contributed by atoms with van der Waals surface area (Å²) in [5.41, 5.74) is -0.923. The van der Waals surface area contributed by atoms with Crippen molar-refractivity contribution in [3.05, 3.63) is 25.3 Å². The number of ether oxygens (including phenoxy) is 7. The number of carbonyl (C=O) groups is 2. The molecule has 0 saturated carbocycles. The van der Waals surface area contributed by atoms with Crippen LogP contribution in [0.2, 0.25) is 18.1 Å². The van der Waals surface area contributed by atoms with Crippen LogP contribution >= 0.6 is 0 Å². The van der Waals surface area contributed by atoms with E-state index in [1.807, 2.05) is 20.8 Å². The lowest BCUT2D eigenvalue weighted by molar-refractivity contribution is -0.169. The van der Waals surface area contributed by atoms with Crippen LogP contribution in [0.4, 0.5) is 0 Å². The Balaban J connectivity index is 5.72. The lowest BCUT2D eigenvalue weighted by Gasteiger charge is -2.41. The van der Waals surface area contributed by atoms with Gasteiger partial charge in [-0.15, -0.1) is 13.2 Å². The second kappa shape index (κ2) is 21.4. The van der Waals surface area contributed by atoms with E-state index in [1.54, 1.807) is 26.4 Å². The SMILES string of the molecule is C=C[C@@H](C)[C@@H](C[C@@](C)(CCCOCOC)OC(=O)CC(=O)C[C@H](OCOC)[C@@H](C)[C@H](C=C)O[Si](C)(C)C(C)(C)C)OCOC. The van der Waals surface area contributed by atoms with Gasteiger partial charge in [0.15, 0.2) is 8.32 Å². The van der Waals surface area contributed by atoms with E-state index in [9.17, 15) is 9.59 Å². The number of hydrogen-bond donors (Lipinski definition) is 0. The van der Waals surface area contributed by atoms with Crippen molar-refractivity contribution >= 4 is 20.1 Å². The van der Waals surface area contributed by atoms with Gasteiger partial charge in [-0.3, -0.25) is 9.59 Å². The minimum absolute atomic E-state index is 0.000522. The minimum atomic E-state index is -2.13. The smallest absolute Gasteiger partial charge is 0.313 e. The Morgan fingerprint density at radius 2 is 1.43 bits per heavy atom. The van der Waals surface area contributed by atoms with Gasteiger partial charge in [0.25, 0.3) is 0 Å². The summed E-state index contributed by atoms with van der Waals surface area (Å²) < 4.78 is 45.1. The molecule has 0 spiro atoms. The summed E-state index contributed by atoms with van der Waals surface area (Å²) in [6.45, 7) is 25.2. The normalized spacial score (nSPS) is 17.2. The molecule has 258 valence electrons. The Morgan fingerprint density at radius 1 is 0.864 bits per heavy atom. The van der Waals surface area contributed by atoms with E-state index in [2.05, 4.69) is 47.0 Å². The van der Waals surface area contributed by atoms with Crippen molar-refractivity contribution < 1.29 is 47.2 Å². The molecule has 44 heavy (non-hydrogen) atoms. The van der Waals surface area contributed by atoms with Gasteiger partial charge < -0.3 is 37.6 Å². The third-order valence-electron chi connectivity index (χ3n) is 8.29. The molecule has 0 amide bonds. The molecule has 0 N–H and O–H groups in total. The van der Waals surface area contributed by atoms with E-state index < -0.39 is 32.4 Å². The molecular formula is C33H62O10Si. The van der Waals surface area contributed by atoms with Gasteiger partial charge in [0.2, 0.25) is 0 Å². The van der Waals surface area contributed by atoms with E-state index in [0.29, 0.717) is 25.9 Å². The predicted molar refractivity (Wildman–Crippen MR) is 175 cm³/mol. The number of ketones is 1. The van der Waals surface area contributed by atoms with E-state index in [4.69, 9.17) is 37.6 Å². The molecule has 0 fully saturated rings. The van der Waals surface area contributed by atoms with Crippen molar-refractivity contribution in [2.75, 3.05) is 48.3 Å². The number of rotatable bonds is 26.